The van der Waals surface area contributed by atoms with Gasteiger partial charge >= 0.3 is 6.09 Å². The Morgan fingerprint density at radius 1 is 0.815 bits per heavy atom. The molecule has 0 aliphatic carbocycles. The van der Waals surface area contributed by atoms with Crippen LogP contribution in [0.4, 0.5) is 4.79 Å². The van der Waals surface area contributed by atoms with Crippen molar-refractivity contribution in [1.29, 1.82) is 0 Å². The molecule has 3 heterocycles. The fourth-order valence-corrected chi connectivity index (χ4v) is 3.96. The summed E-state index contributed by atoms with van der Waals surface area (Å²) in [5.41, 5.74) is -0.532. The summed E-state index contributed by atoms with van der Waals surface area (Å²) in [4.78, 5) is 28.9. The van der Waals surface area contributed by atoms with Crippen molar-refractivity contribution < 1.29 is 14.3 Å². The van der Waals surface area contributed by atoms with E-state index >= 15 is 0 Å². The van der Waals surface area contributed by atoms with Crippen molar-refractivity contribution in [2.24, 2.45) is 0 Å². The van der Waals surface area contributed by atoms with Crippen LogP contribution in [0.5, 0.6) is 0 Å². The third-order valence-corrected chi connectivity index (χ3v) is 5.57. The molecular weight excluding hydrogens is 340 g/mol. The maximum absolute atomic E-state index is 12.7. The highest BCUT2D eigenvalue weighted by Gasteiger charge is 2.43. The zero-order valence-electron chi connectivity index (χ0n) is 17.8. The molecule has 0 aromatic heterocycles. The number of carbonyl (C=O) groups excluding carboxylic acids is 2. The van der Waals surface area contributed by atoms with Gasteiger partial charge in [0.1, 0.15) is 11.6 Å². The summed E-state index contributed by atoms with van der Waals surface area (Å²) in [5.74, 6) is 0.0991. The fourth-order valence-electron chi connectivity index (χ4n) is 3.96. The number of hydrogen-bond donors (Lipinski definition) is 0. The van der Waals surface area contributed by atoms with Gasteiger partial charge in [0, 0.05) is 13.1 Å². The average molecular weight is 381 g/mol. The standard InChI is InChI=1S/C22H40N2O3/c1-22(2,3)27-21(26)24-17-15-13-11-9-7-5-4-6-8-10-12-14-16-23-18-19(24)20(23)25/h19H,4-18H2,1-3H3/t19-/m0/s1. The lowest BCUT2D eigenvalue weighted by molar-refractivity contribution is -0.150. The van der Waals surface area contributed by atoms with E-state index in [-0.39, 0.29) is 18.0 Å². The molecule has 0 saturated carbocycles. The zero-order valence-corrected chi connectivity index (χ0v) is 17.8. The molecule has 0 radical (unpaired) electrons. The van der Waals surface area contributed by atoms with E-state index in [0.717, 1.165) is 25.8 Å². The van der Waals surface area contributed by atoms with Crippen LogP contribution < -0.4 is 0 Å². The molecule has 156 valence electrons. The van der Waals surface area contributed by atoms with Crippen LogP contribution >= 0.6 is 0 Å². The van der Waals surface area contributed by atoms with Crippen LogP contribution in [-0.4, -0.2) is 53.1 Å². The lowest BCUT2D eigenvalue weighted by Gasteiger charge is -2.44. The maximum atomic E-state index is 12.7. The number of rotatable bonds is 0. The van der Waals surface area contributed by atoms with E-state index in [4.69, 9.17) is 4.74 Å². The number of hydrogen-bond acceptors (Lipinski definition) is 3. The van der Waals surface area contributed by atoms with Crippen LogP contribution in [0.15, 0.2) is 0 Å². The van der Waals surface area contributed by atoms with E-state index < -0.39 is 5.60 Å². The number of fused-ring (bicyclic) bond motifs is 14. The molecule has 3 fully saturated rings. The normalized spacial score (nSPS) is 24.6. The summed E-state index contributed by atoms with van der Waals surface area (Å²) >= 11 is 0. The van der Waals surface area contributed by atoms with Crippen molar-refractivity contribution in [2.75, 3.05) is 19.6 Å². The van der Waals surface area contributed by atoms with Gasteiger partial charge in [0.05, 0.1) is 6.54 Å². The average Bonchev–Trinajstić information content (AvgIpc) is 2.59. The summed E-state index contributed by atoms with van der Waals surface area (Å²) in [6, 6.07) is -0.321. The zero-order chi connectivity index (χ0) is 19.7. The lowest BCUT2D eigenvalue weighted by Crippen LogP contribution is -2.65. The van der Waals surface area contributed by atoms with E-state index in [1.807, 2.05) is 25.7 Å². The molecule has 2 bridgehead atoms. The monoisotopic (exact) mass is 380 g/mol. The second-order valence-corrected chi connectivity index (χ2v) is 9.22. The highest BCUT2D eigenvalue weighted by Crippen LogP contribution is 2.22. The Kier molecular flexibility index (Phi) is 8.91. The Balaban J connectivity index is 1.92. The van der Waals surface area contributed by atoms with Crippen molar-refractivity contribution in [3.05, 3.63) is 0 Å². The smallest absolute Gasteiger partial charge is 0.411 e. The summed E-state index contributed by atoms with van der Waals surface area (Å²) in [6.07, 6.45) is 14.5. The number of amides is 2. The first kappa shape index (κ1) is 22.0. The van der Waals surface area contributed by atoms with E-state index in [1.54, 1.807) is 4.90 Å². The minimum atomic E-state index is -0.532. The molecule has 3 aliphatic heterocycles. The lowest BCUT2D eigenvalue weighted by atomic mass is 10.0. The Morgan fingerprint density at radius 2 is 1.26 bits per heavy atom. The third-order valence-electron chi connectivity index (χ3n) is 5.57. The molecule has 27 heavy (non-hydrogen) atoms. The van der Waals surface area contributed by atoms with E-state index in [1.165, 1.54) is 57.8 Å². The van der Waals surface area contributed by atoms with Crippen molar-refractivity contribution >= 4 is 12.0 Å². The van der Waals surface area contributed by atoms with Crippen molar-refractivity contribution in [1.82, 2.24) is 9.80 Å². The van der Waals surface area contributed by atoms with Gasteiger partial charge in [-0.3, -0.25) is 9.69 Å². The van der Waals surface area contributed by atoms with Gasteiger partial charge in [0.2, 0.25) is 5.91 Å². The molecule has 3 saturated heterocycles. The van der Waals surface area contributed by atoms with Gasteiger partial charge in [-0.15, -0.1) is 0 Å². The van der Waals surface area contributed by atoms with Crippen LogP contribution in [0.1, 0.15) is 97.8 Å². The fraction of sp³-hybridized carbons (Fsp3) is 0.909. The molecule has 2 amide bonds. The Hall–Kier alpha value is -1.26. The molecular formula is C22H40N2O3. The molecule has 0 unspecified atom stereocenters. The quantitative estimate of drug-likeness (QED) is 0.547. The van der Waals surface area contributed by atoms with Crippen LogP contribution in [-0.2, 0) is 9.53 Å². The SMILES string of the molecule is CC(C)(C)OC(=O)N1CCCCCCCCCCCCCCN2C[C@H]1C2=O. The van der Waals surface area contributed by atoms with Gasteiger partial charge in [0.25, 0.3) is 0 Å². The van der Waals surface area contributed by atoms with Gasteiger partial charge in [0.15, 0.2) is 0 Å². The highest BCUT2D eigenvalue weighted by molar-refractivity contribution is 5.91. The van der Waals surface area contributed by atoms with E-state index in [2.05, 4.69) is 0 Å². The summed E-state index contributed by atoms with van der Waals surface area (Å²) in [7, 11) is 0. The van der Waals surface area contributed by atoms with Crippen molar-refractivity contribution in [2.45, 2.75) is 109 Å². The highest BCUT2D eigenvalue weighted by atomic mass is 16.6. The first-order valence-electron chi connectivity index (χ1n) is 11.2. The Morgan fingerprint density at radius 3 is 1.70 bits per heavy atom. The van der Waals surface area contributed by atoms with Crippen LogP contribution in [0.3, 0.4) is 0 Å². The number of carbonyl (C=O) groups is 2. The third kappa shape index (κ3) is 7.71. The van der Waals surface area contributed by atoms with Gasteiger partial charge in [-0.2, -0.15) is 0 Å². The molecule has 5 nitrogen and oxygen atoms in total. The summed E-state index contributed by atoms with van der Waals surface area (Å²) < 4.78 is 5.57. The van der Waals surface area contributed by atoms with Crippen LogP contribution in [0.2, 0.25) is 0 Å². The molecule has 0 aromatic rings. The molecule has 3 aliphatic rings. The Bertz CT molecular complexity index is 473. The molecule has 5 heteroatoms. The second kappa shape index (κ2) is 10.9. The molecule has 0 spiro atoms. The van der Waals surface area contributed by atoms with Gasteiger partial charge in [-0.05, 0) is 33.6 Å². The summed E-state index contributed by atoms with van der Waals surface area (Å²) in [6.45, 7) is 7.75. The second-order valence-electron chi connectivity index (χ2n) is 9.22. The topological polar surface area (TPSA) is 49.9 Å². The number of β-lactam (4-membered cyclic amide) rings is 1. The first-order valence-corrected chi connectivity index (χ1v) is 11.2. The van der Waals surface area contributed by atoms with Gasteiger partial charge in [-0.1, -0.05) is 64.2 Å². The first-order chi connectivity index (χ1) is 12.9. The minimum Gasteiger partial charge on any atom is -0.444 e. The summed E-state index contributed by atoms with van der Waals surface area (Å²) in [5, 5.41) is 0. The maximum Gasteiger partial charge on any atom is 0.411 e. The predicted octanol–water partition coefficient (Wildman–Crippen LogP) is 5.13. The van der Waals surface area contributed by atoms with E-state index in [0.29, 0.717) is 13.1 Å². The van der Waals surface area contributed by atoms with Crippen molar-refractivity contribution in [3.63, 3.8) is 0 Å². The van der Waals surface area contributed by atoms with Crippen molar-refractivity contribution in [3.8, 4) is 0 Å². The van der Waals surface area contributed by atoms with Gasteiger partial charge in [-0.25, -0.2) is 4.79 Å². The van der Waals surface area contributed by atoms with Crippen LogP contribution in [0, 0.1) is 0 Å². The number of nitrogens with zero attached hydrogens (tertiary/aromatic N) is 2. The predicted molar refractivity (Wildman–Crippen MR) is 109 cm³/mol. The van der Waals surface area contributed by atoms with E-state index in [9.17, 15) is 9.59 Å². The largest absolute Gasteiger partial charge is 0.444 e. The Labute approximate surface area is 165 Å². The molecule has 1 atom stereocenters. The van der Waals surface area contributed by atoms with Gasteiger partial charge < -0.3 is 9.64 Å². The molecule has 0 aromatic carbocycles. The molecule has 3 rings (SSSR count). The van der Waals surface area contributed by atoms with Crippen LogP contribution in [0.25, 0.3) is 0 Å². The minimum absolute atomic E-state index is 0.0991. The molecule has 0 N–H and O–H groups in total. The number of ether oxygens (including phenoxy) is 1.